The fourth-order valence-corrected chi connectivity index (χ4v) is 6.76. The molecule has 16 heteroatoms. The molecule has 3 N–H and O–H groups in total. The van der Waals surface area contributed by atoms with Gasteiger partial charge in [-0.15, -0.1) is 0 Å². The Hall–Kier alpha value is -5.54. The standard InChI is InChI=1S/C38H42ClN7O7S/c1-40-35(48)30-20-11-12-21-32(30)43-34-31(39)26-41-38(44-34)42-28-17-15-16-27(24-28)25-33(47)51-22-13-6-4-2-3-5-7-14-23-52-36-37(46-53-45-36)54(49,50)29-18-9-8-10-19-29/h8-12,15-21,24,26H,2-7,13-14,22-23,25H2,1H3,(H,40,48)(H2,41,42,43,44). The van der Waals surface area contributed by atoms with Gasteiger partial charge < -0.3 is 25.4 Å². The number of esters is 1. The largest absolute Gasteiger partial charge is 0.473 e. The van der Waals surface area contributed by atoms with Crippen molar-refractivity contribution >= 4 is 56.5 Å². The number of hydrogen-bond donors (Lipinski definition) is 3. The maximum Gasteiger partial charge on any atom is 0.310 e. The van der Waals surface area contributed by atoms with Crippen LogP contribution in [0.1, 0.15) is 67.3 Å². The number of rotatable bonds is 21. The minimum Gasteiger partial charge on any atom is -0.473 e. The van der Waals surface area contributed by atoms with Gasteiger partial charge in [0.05, 0.1) is 42.0 Å². The summed E-state index contributed by atoms with van der Waals surface area (Å²) in [6.07, 6.45) is 9.21. The number of sulfone groups is 1. The van der Waals surface area contributed by atoms with Crippen LogP contribution in [-0.2, 0) is 25.8 Å². The lowest BCUT2D eigenvalue weighted by molar-refractivity contribution is -0.142. The fourth-order valence-electron chi connectivity index (χ4n) is 5.43. The Labute approximate surface area is 318 Å². The minimum atomic E-state index is -3.87. The molecule has 1 amide bonds. The van der Waals surface area contributed by atoms with Crippen LogP contribution in [-0.4, -0.2) is 60.8 Å². The number of para-hydroxylation sites is 1. The molecule has 0 atom stereocenters. The Morgan fingerprint density at radius 3 is 2.28 bits per heavy atom. The van der Waals surface area contributed by atoms with E-state index in [0.29, 0.717) is 36.0 Å². The Kier molecular flexibility index (Phi) is 14.7. The highest BCUT2D eigenvalue weighted by atomic mass is 35.5. The quantitative estimate of drug-likeness (QED) is 0.0492. The van der Waals surface area contributed by atoms with E-state index < -0.39 is 9.84 Å². The molecule has 0 spiro atoms. The number of halogens is 1. The van der Waals surface area contributed by atoms with Crippen LogP contribution in [0.25, 0.3) is 0 Å². The summed E-state index contributed by atoms with van der Waals surface area (Å²) < 4.78 is 41.3. The molecule has 5 aromatic rings. The molecule has 0 saturated carbocycles. The van der Waals surface area contributed by atoms with Gasteiger partial charge in [0.2, 0.25) is 15.8 Å². The van der Waals surface area contributed by atoms with E-state index in [0.717, 1.165) is 56.9 Å². The van der Waals surface area contributed by atoms with Gasteiger partial charge in [0.1, 0.15) is 5.02 Å². The SMILES string of the molecule is CNC(=O)c1ccccc1Nc1nc(Nc2cccc(CC(=O)OCCCCCCCCCCOc3nonc3S(=O)(=O)c3ccccc3)c2)ncc1Cl. The van der Waals surface area contributed by atoms with E-state index in [2.05, 4.69) is 40.9 Å². The van der Waals surface area contributed by atoms with Crippen molar-refractivity contribution in [2.75, 3.05) is 30.9 Å². The molecule has 0 bridgehead atoms. The summed E-state index contributed by atoms with van der Waals surface area (Å²) in [6, 6.07) is 22.3. The van der Waals surface area contributed by atoms with Crippen molar-refractivity contribution < 1.29 is 32.1 Å². The molecule has 0 aliphatic carbocycles. The molecule has 0 aliphatic rings. The van der Waals surface area contributed by atoms with Crippen LogP contribution < -0.4 is 20.7 Å². The molecule has 0 fully saturated rings. The van der Waals surface area contributed by atoms with Gasteiger partial charge in [0, 0.05) is 12.7 Å². The summed E-state index contributed by atoms with van der Waals surface area (Å²) >= 11 is 6.35. The van der Waals surface area contributed by atoms with Gasteiger partial charge in [-0.2, -0.15) is 4.98 Å². The second-order valence-corrected chi connectivity index (χ2v) is 14.5. The van der Waals surface area contributed by atoms with Gasteiger partial charge in [0.15, 0.2) is 5.82 Å². The minimum absolute atomic E-state index is 0.0971. The number of carbonyl (C=O) groups excluding carboxylic acids is 2. The van der Waals surface area contributed by atoms with Gasteiger partial charge >= 0.3 is 5.97 Å². The number of carbonyl (C=O) groups is 2. The number of ether oxygens (including phenoxy) is 2. The van der Waals surface area contributed by atoms with Crippen molar-refractivity contribution in [3.8, 4) is 5.88 Å². The molecule has 14 nitrogen and oxygen atoms in total. The molecule has 5 rings (SSSR count). The van der Waals surface area contributed by atoms with Crippen molar-refractivity contribution in [3.63, 3.8) is 0 Å². The van der Waals surface area contributed by atoms with Gasteiger partial charge in [0.25, 0.3) is 16.8 Å². The third-order valence-corrected chi connectivity index (χ3v) is 10.1. The predicted octanol–water partition coefficient (Wildman–Crippen LogP) is 7.48. The van der Waals surface area contributed by atoms with E-state index in [4.69, 9.17) is 21.1 Å². The first-order valence-corrected chi connectivity index (χ1v) is 19.5. The Morgan fingerprint density at radius 1 is 0.815 bits per heavy atom. The molecule has 0 saturated heterocycles. The lowest BCUT2D eigenvalue weighted by atomic mass is 10.1. The van der Waals surface area contributed by atoms with E-state index in [-0.39, 0.29) is 45.1 Å². The molecular formula is C38H42ClN7O7S. The first kappa shape index (κ1) is 39.7. The normalized spacial score (nSPS) is 11.1. The molecule has 0 unspecified atom stereocenters. The maximum absolute atomic E-state index is 12.8. The van der Waals surface area contributed by atoms with Crippen LogP contribution in [0.3, 0.4) is 0 Å². The molecule has 2 aromatic heterocycles. The summed E-state index contributed by atoms with van der Waals surface area (Å²) in [5.74, 6) is -0.0701. The summed E-state index contributed by atoms with van der Waals surface area (Å²) in [4.78, 5) is 33.7. The number of hydrogen-bond acceptors (Lipinski definition) is 13. The summed E-state index contributed by atoms with van der Waals surface area (Å²) in [6.45, 7) is 0.676. The van der Waals surface area contributed by atoms with Crippen LogP contribution in [0.15, 0.2) is 99.6 Å². The van der Waals surface area contributed by atoms with E-state index >= 15 is 0 Å². The molecular weight excluding hydrogens is 734 g/mol. The van der Waals surface area contributed by atoms with Gasteiger partial charge in [-0.05, 0) is 65.1 Å². The lowest BCUT2D eigenvalue weighted by Crippen LogP contribution is -2.19. The predicted molar refractivity (Wildman–Crippen MR) is 203 cm³/mol. The zero-order chi connectivity index (χ0) is 38.2. The van der Waals surface area contributed by atoms with Crippen LogP contribution in [0.2, 0.25) is 5.02 Å². The molecule has 2 heterocycles. The number of benzene rings is 3. The van der Waals surface area contributed by atoms with Crippen LogP contribution >= 0.6 is 11.6 Å². The second kappa shape index (κ2) is 20.1. The van der Waals surface area contributed by atoms with Crippen LogP contribution in [0.5, 0.6) is 5.88 Å². The van der Waals surface area contributed by atoms with E-state index in [1.165, 1.54) is 18.3 Å². The Bertz CT molecular complexity index is 2100. The topological polar surface area (TPSA) is 188 Å². The fraction of sp³-hybridized carbons (Fsp3) is 0.316. The highest BCUT2D eigenvalue weighted by Gasteiger charge is 2.28. The van der Waals surface area contributed by atoms with E-state index in [9.17, 15) is 18.0 Å². The molecule has 0 aliphatic heterocycles. The van der Waals surface area contributed by atoms with Crippen molar-refractivity contribution in [2.24, 2.45) is 0 Å². The Morgan fingerprint density at radius 2 is 1.52 bits per heavy atom. The zero-order valence-electron chi connectivity index (χ0n) is 29.8. The third kappa shape index (κ3) is 11.5. The molecule has 54 heavy (non-hydrogen) atoms. The van der Waals surface area contributed by atoms with Crippen molar-refractivity contribution in [1.29, 1.82) is 0 Å². The number of nitrogens with one attached hydrogen (secondary N) is 3. The highest BCUT2D eigenvalue weighted by molar-refractivity contribution is 7.91. The first-order valence-electron chi connectivity index (χ1n) is 17.6. The first-order chi connectivity index (χ1) is 26.2. The molecule has 0 radical (unpaired) electrons. The van der Waals surface area contributed by atoms with E-state index in [1.807, 2.05) is 24.3 Å². The van der Waals surface area contributed by atoms with Gasteiger partial charge in [-0.25, -0.2) is 18.0 Å². The average molecular weight is 776 g/mol. The van der Waals surface area contributed by atoms with Gasteiger partial charge in [-0.1, -0.05) is 92.6 Å². The highest BCUT2D eigenvalue weighted by Crippen LogP contribution is 2.28. The number of anilines is 4. The number of unbranched alkanes of at least 4 members (excludes halogenated alkanes) is 7. The second-order valence-electron chi connectivity index (χ2n) is 12.2. The monoisotopic (exact) mass is 775 g/mol. The summed E-state index contributed by atoms with van der Waals surface area (Å²) in [5, 5.41) is 16.0. The molecule has 3 aromatic carbocycles. The Balaban J connectivity index is 0.941. The lowest BCUT2D eigenvalue weighted by Gasteiger charge is -2.13. The molecule has 284 valence electrons. The smallest absolute Gasteiger partial charge is 0.310 e. The van der Waals surface area contributed by atoms with Crippen molar-refractivity contribution in [3.05, 3.63) is 101 Å². The number of amides is 1. The van der Waals surface area contributed by atoms with Crippen molar-refractivity contribution in [1.82, 2.24) is 25.6 Å². The maximum atomic E-state index is 12.8. The summed E-state index contributed by atoms with van der Waals surface area (Å²) in [7, 11) is -2.31. The average Bonchev–Trinajstić information content (AvgIpc) is 3.67. The van der Waals surface area contributed by atoms with Crippen LogP contribution in [0.4, 0.5) is 23.1 Å². The van der Waals surface area contributed by atoms with E-state index in [1.54, 1.807) is 49.5 Å². The van der Waals surface area contributed by atoms with Crippen molar-refractivity contribution in [2.45, 2.75) is 67.7 Å². The van der Waals surface area contributed by atoms with Gasteiger partial charge in [-0.3, -0.25) is 9.59 Å². The zero-order valence-corrected chi connectivity index (χ0v) is 31.4. The number of nitrogens with zero attached hydrogens (tertiary/aromatic N) is 4. The number of aromatic nitrogens is 4. The van der Waals surface area contributed by atoms with Crippen LogP contribution in [0, 0.1) is 0 Å². The third-order valence-electron chi connectivity index (χ3n) is 8.21. The summed E-state index contributed by atoms with van der Waals surface area (Å²) in [5.41, 5.74) is 2.44.